The first-order chi connectivity index (χ1) is 12.2. The number of piperidine rings is 1. The number of carbonyl (C=O) groups excluding carboxylic acids is 2. The number of pyridine rings is 1. The number of likely N-dealkylation sites (tertiary alicyclic amines) is 1. The third-order valence-corrected chi connectivity index (χ3v) is 4.29. The molecule has 0 spiro atoms. The molecule has 0 saturated carbocycles. The molecule has 0 aliphatic carbocycles. The highest BCUT2D eigenvalue weighted by atomic mass is 16.5. The third-order valence-electron chi connectivity index (χ3n) is 4.29. The highest BCUT2D eigenvalue weighted by Gasteiger charge is 2.31. The Hall–Kier alpha value is -2.77. The topological polar surface area (TPSA) is 101 Å². The normalized spacial score (nSPS) is 17.3. The van der Waals surface area contributed by atoms with E-state index in [1.165, 1.54) is 0 Å². The molecule has 1 aliphatic rings. The van der Waals surface area contributed by atoms with Gasteiger partial charge in [0.05, 0.1) is 0 Å². The maximum atomic E-state index is 12.5. The van der Waals surface area contributed by atoms with Crippen LogP contribution in [-0.2, 0) is 16.0 Å². The van der Waals surface area contributed by atoms with Crippen LogP contribution in [0, 0.1) is 0 Å². The largest absolute Gasteiger partial charge is 0.357 e. The predicted molar refractivity (Wildman–Crippen MR) is 89.3 cm³/mol. The molecule has 25 heavy (non-hydrogen) atoms. The van der Waals surface area contributed by atoms with Crippen LogP contribution in [0.15, 0.2) is 28.9 Å². The zero-order valence-corrected chi connectivity index (χ0v) is 14.1. The summed E-state index contributed by atoms with van der Waals surface area (Å²) in [6.07, 6.45) is 4.81. The van der Waals surface area contributed by atoms with Crippen molar-refractivity contribution in [2.45, 2.75) is 38.1 Å². The second kappa shape index (κ2) is 7.87. The molecule has 1 aliphatic heterocycles. The zero-order chi connectivity index (χ0) is 17.6. The lowest BCUT2D eigenvalue weighted by Gasteiger charge is -2.34. The monoisotopic (exact) mass is 343 g/mol. The number of carbonyl (C=O) groups is 2. The minimum Gasteiger partial charge on any atom is -0.357 e. The van der Waals surface area contributed by atoms with Gasteiger partial charge in [-0.3, -0.25) is 14.6 Å². The number of nitrogens with one attached hydrogen (secondary N) is 1. The van der Waals surface area contributed by atoms with Crippen LogP contribution in [0.3, 0.4) is 0 Å². The number of likely N-dealkylation sites (N-methyl/N-ethyl adjacent to an activating group) is 1. The lowest BCUT2D eigenvalue weighted by molar-refractivity contribution is -0.142. The van der Waals surface area contributed by atoms with Gasteiger partial charge in [0.2, 0.25) is 23.5 Å². The summed E-state index contributed by atoms with van der Waals surface area (Å²) in [6, 6.07) is 5.07. The Labute approximate surface area is 145 Å². The summed E-state index contributed by atoms with van der Waals surface area (Å²) in [5.41, 5.74) is 0.625. The van der Waals surface area contributed by atoms with Gasteiger partial charge in [-0.25, -0.2) is 0 Å². The summed E-state index contributed by atoms with van der Waals surface area (Å²) < 4.78 is 5.20. The molecule has 0 unspecified atom stereocenters. The third kappa shape index (κ3) is 4.01. The fraction of sp³-hybridized carbons (Fsp3) is 0.471. The summed E-state index contributed by atoms with van der Waals surface area (Å²) in [7, 11) is 1.59. The molecule has 0 radical (unpaired) electrons. The number of nitrogens with zero attached hydrogens (tertiary/aromatic N) is 4. The average molecular weight is 343 g/mol. The summed E-state index contributed by atoms with van der Waals surface area (Å²) in [4.78, 5) is 34.6. The molecule has 1 saturated heterocycles. The molecular weight excluding hydrogens is 322 g/mol. The lowest BCUT2D eigenvalue weighted by atomic mass is 10.0. The summed E-state index contributed by atoms with van der Waals surface area (Å²) in [5, 5.41) is 6.53. The molecule has 0 aromatic carbocycles. The van der Waals surface area contributed by atoms with E-state index in [0.717, 1.165) is 12.8 Å². The Kier molecular flexibility index (Phi) is 5.37. The van der Waals surface area contributed by atoms with Crippen LogP contribution in [0.5, 0.6) is 0 Å². The van der Waals surface area contributed by atoms with Crippen LogP contribution < -0.4 is 5.32 Å². The lowest BCUT2D eigenvalue weighted by Crippen LogP contribution is -2.51. The van der Waals surface area contributed by atoms with Crippen molar-refractivity contribution in [3.05, 3.63) is 30.3 Å². The van der Waals surface area contributed by atoms with Gasteiger partial charge in [-0.2, -0.15) is 4.98 Å². The van der Waals surface area contributed by atoms with Gasteiger partial charge in [0.1, 0.15) is 11.7 Å². The van der Waals surface area contributed by atoms with E-state index in [-0.39, 0.29) is 24.3 Å². The molecule has 3 heterocycles. The van der Waals surface area contributed by atoms with Crippen LogP contribution in [0.1, 0.15) is 31.6 Å². The first-order valence-corrected chi connectivity index (χ1v) is 8.44. The van der Waals surface area contributed by atoms with Crippen molar-refractivity contribution in [2.24, 2.45) is 0 Å². The standard InChI is InChI=1S/C17H21N5O3/c1-18-17(24)13-7-3-5-11-22(13)15(23)9-8-14-20-16(21-25-14)12-6-2-4-10-19-12/h2,4,6,10,13H,3,5,7-9,11H2,1H3,(H,18,24)/t13-/m0/s1. The Morgan fingerprint density at radius 2 is 2.24 bits per heavy atom. The number of rotatable bonds is 5. The molecule has 1 fully saturated rings. The average Bonchev–Trinajstić information content (AvgIpc) is 3.15. The van der Waals surface area contributed by atoms with E-state index in [1.54, 1.807) is 24.2 Å². The van der Waals surface area contributed by atoms with E-state index in [1.807, 2.05) is 12.1 Å². The number of hydrogen-bond donors (Lipinski definition) is 1. The molecule has 132 valence electrons. The molecule has 2 amide bonds. The van der Waals surface area contributed by atoms with Crippen LogP contribution in [0.2, 0.25) is 0 Å². The van der Waals surface area contributed by atoms with Gasteiger partial charge in [0, 0.05) is 32.6 Å². The maximum absolute atomic E-state index is 12.5. The number of aryl methyl sites for hydroxylation is 1. The van der Waals surface area contributed by atoms with Crippen molar-refractivity contribution >= 4 is 11.8 Å². The van der Waals surface area contributed by atoms with E-state index in [0.29, 0.717) is 36.8 Å². The molecule has 0 bridgehead atoms. The molecule has 1 atom stereocenters. The van der Waals surface area contributed by atoms with E-state index in [9.17, 15) is 9.59 Å². The van der Waals surface area contributed by atoms with Crippen molar-refractivity contribution in [1.82, 2.24) is 25.3 Å². The van der Waals surface area contributed by atoms with Crippen LogP contribution in [0.25, 0.3) is 11.5 Å². The van der Waals surface area contributed by atoms with Crippen LogP contribution >= 0.6 is 0 Å². The highest BCUT2D eigenvalue weighted by molar-refractivity contribution is 5.87. The fourth-order valence-corrected chi connectivity index (χ4v) is 2.98. The Morgan fingerprint density at radius 1 is 1.36 bits per heavy atom. The predicted octanol–water partition coefficient (Wildman–Crippen LogP) is 1.19. The molecule has 8 heteroatoms. The molecule has 3 rings (SSSR count). The summed E-state index contributed by atoms with van der Waals surface area (Å²) in [6.45, 7) is 0.611. The second-order valence-electron chi connectivity index (χ2n) is 5.94. The molecule has 1 N–H and O–H groups in total. The molecular formula is C17H21N5O3. The summed E-state index contributed by atoms with van der Waals surface area (Å²) >= 11 is 0. The van der Waals surface area contributed by atoms with Crippen molar-refractivity contribution in [1.29, 1.82) is 0 Å². The quantitative estimate of drug-likeness (QED) is 0.875. The number of hydrogen-bond acceptors (Lipinski definition) is 6. The van der Waals surface area contributed by atoms with Gasteiger partial charge in [0.25, 0.3) is 0 Å². The molecule has 2 aromatic rings. The van der Waals surface area contributed by atoms with Gasteiger partial charge >= 0.3 is 0 Å². The second-order valence-corrected chi connectivity index (χ2v) is 5.94. The Balaban J connectivity index is 1.60. The molecule has 8 nitrogen and oxygen atoms in total. The van der Waals surface area contributed by atoms with Crippen LogP contribution in [0.4, 0.5) is 0 Å². The van der Waals surface area contributed by atoms with Gasteiger partial charge < -0.3 is 14.7 Å². The van der Waals surface area contributed by atoms with Crippen LogP contribution in [-0.4, -0.2) is 51.5 Å². The Bertz CT molecular complexity index is 731. The smallest absolute Gasteiger partial charge is 0.242 e. The van der Waals surface area contributed by atoms with E-state index in [2.05, 4.69) is 20.4 Å². The maximum Gasteiger partial charge on any atom is 0.242 e. The van der Waals surface area contributed by atoms with Gasteiger partial charge in [0.15, 0.2) is 0 Å². The minimum atomic E-state index is -0.377. The van der Waals surface area contributed by atoms with E-state index < -0.39 is 0 Å². The van der Waals surface area contributed by atoms with E-state index in [4.69, 9.17) is 4.52 Å². The highest BCUT2D eigenvalue weighted by Crippen LogP contribution is 2.19. The number of aromatic nitrogens is 3. The van der Waals surface area contributed by atoms with Crippen molar-refractivity contribution in [3.8, 4) is 11.5 Å². The Morgan fingerprint density at radius 3 is 3.00 bits per heavy atom. The number of amides is 2. The first-order valence-electron chi connectivity index (χ1n) is 8.44. The fourth-order valence-electron chi connectivity index (χ4n) is 2.98. The van der Waals surface area contributed by atoms with E-state index >= 15 is 0 Å². The SMILES string of the molecule is CNC(=O)[C@@H]1CCCCN1C(=O)CCc1nc(-c2ccccn2)no1. The summed E-state index contributed by atoms with van der Waals surface area (Å²) in [5.74, 6) is 0.626. The van der Waals surface area contributed by atoms with Gasteiger partial charge in [-0.15, -0.1) is 0 Å². The van der Waals surface area contributed by atoms with Gasteiger partial charge in [-0.1, -0.05) is 11.2 Å². The van der Waals surface area contributed by atoms with Crippen molar-refractivity contribution in [2.75, 3.05) is 13.6 Å². The van der Waals surface area contributed by atoms with Crippen molar-refractivity contribution in [3.63, 3.8) is 0 Å². The van der Waals surface area contributed by atoms with Crippen molar-refractivity contribution < 1.29 is 14.1 Å². The molecule has 2 aromatic heterocycles. The first kappa shape index (κ1) is 17.1. The minimum absolute atomic E-state index is 0.0640. The van der Waals surface area contributed by atoms with Gasteiger partial charge in [-0.05, 0) is 31.4 Å². The zero-order valence-electron chi connectivity index (χ0n) is 14.1.